The molecule has 162 valence electrons. The normalized spacial score (nSPS) is 19.5. The third-order valence-electron chi connectivity index (χ3n) is 6.14. The minimum Gasteiger partial charge on any atom is -0.486 e. The fourth-order valence-electron chi connectivity index (χ4n) is 4.59. The second-order valence-electron chi connectivity index (χ2n) is 8.48. The molecule has 1 aliphatic rings. The molecule has 0 radical (unpaired) electrons. The summed E-state index contributed by atoms with van der Waals surface area (Å²) in [5.41, 5.74) is 2.25. The van der Waals surface area contributed by atoms with Gasteiger partial charge in [0.25, 0.3) is 0 Å². The summed E-state index contributed by atoms with van der Waals surface area (Å²) in [7, 11) is 0. The number of hydrogen-bond acceptors (Lipinski definition) is 3. The van der Waals surface area contributed by atoms with Gasteiger partial charge in [-0.2, -0.15) is 0 Å². The van der Waals surface area contributed by atoms with Crippen molar-refractivity contribution in [2.75, 3.05) is 6.61 Å². The van der Waals surface area contributed by atoms with Crippen LogP contribution in [0, 0.1) is 11.6 Å². The molecule has 1 saturated carbocycles. The van der Waals surface area contributed by atoms with Crippen molar-refractivity contribution < 1.29 is 18.3 Å². The molecule has 0 amide bonds. The number of nitrogens with one attached hydrogen (secondary N) is 1. The Morgan fingerprint density at radius 3 is 2.58 bits per heavy atom. The smallest absolute Gasteiger partial charge is 0.167 e. The molecule has 3 nitrogen and oxygen atoms in total. The van der Waals surface area contributed by atoms with E-state index in [1.54, 1.807) is 12.1 Å². The summed E-state index contributed by atoms with van der Waals surface area (Å²) in [6.45, 7) is 3.68. The summed E-state index contributed by atoms with van der Waals surface area (Å²) in [4.78, 5) is 11.1. The average molecular weight is 424 g/mol. The number of fused-ring (bicyclic) bond motifs is 1. The van der Waals surface area contributed by atoms with Gasteiger partial charge in [-0.15, -0.1) is 0 Å². The molecule has 4 rings (SSSR count). The summed E-state index contributed by atoms with van der Waals surface area (Å²) in [5, 5.41) is 4.76. The number of Topliss-reactive ketones (excluding diaryl/α,β-unsaturated/α-hetero) is 1. The lowest BCUT2D eigenvalue weighted by Crippen LogP contribution is -2.29. The monoisotopic (exact) mass is 423 g/mol. The van der Waals surface area contributed by atoms with E-state index >= 15 is 0 Å². The molecule has 0 bridgehead atoms. The Morgan fingerprint density at radius 2 is 1.84 bits per heavy atom. The molecular weight excluding hydrogens is 396 g/mol. The fourth-order valence-corrected chi connectivity index (χ4v) is 4.59. The van der Waals surface area contributed by atoms with Gasteiger partial charge in [-0.3, -0.25) is 4.79 Å². The highest BCUT2D eigenvalue weighted by molar-refractivity contribution is 5.86. The van der Waals surface area contributed by atoms with E-state index in [1.165, 1.54) is 30.7 Å². The largest absolute Gasteiger partial charge is 0.486 e. The van der Waals surface area contributed by atoms with Crippen molar-refractivity contribution >= 4 is 16.6 Å². The molecule has 5 heteroatoms. The van der Waals surface area contributed by atoms with Crippen LogP contribution < -0.4 is 10.1 Å². The maximum Gasteiger partial charge on any atom is 0.167 e. The van der Waals surface area contributed by atoms with Gasteiger partial charge < -0.3 is 10.1 Å². The molecule has 0 aromatic heterocycles. The third kappa shape index (κ3) is 4.93. The summed E-state index contributed by atoms with van der Waals surface area (Å²) in [5.74, 6) is 0.343. The van der Waals surface area contributed by atoms with E-state index in [2.05, 4.69) is 24.4 Å². The standard InChI is InChI=1S/C26H27F2NO2/c1-16(30)15-31-22-8-4-18(5-9-22)19-3-7-21(13-19)29-17(2)23-11-12-26(28)25-14-20(27)6-10-24(23)25/h4-6,8-12,14,17,19,21,29H,3,7,13,15H2,1-2H3/t17-,19-,21+/m1/s1. The van der Waals surface area contributed by atoms with Gasteiger partial charge in [-0.25, -0.2) is 8.78 Å². The van der Waals surface area contributed by atoms with Crippen molar-refractivity contribution in [2.24, 2.45) is 0 Å². The van der Waals surface area contributed by atoms with E-state index in [0.29, 0.717) is 23.1 Å². The highest BCUT2D eigenvalue weighted by Crippen LogP contribution is 2.37. The van der Waals surface area contributed by atoms with E-state index in [9.17, 15) is 13.6 Å². The molecule has 0 unspecified atom stereocenters. The number of hydrogen-bond donors (Lipinski definition) is 1. The summed E-state index contributed by atoms with van der Waals surface area (Å²) >= 11 is 0. The molecular formula is C26H27F2NO2. The summed E-state index contributed by atoms with van der Waals surface area (Å²) in [6.07, 6.45) is 3.17. The Balaban J connectivity index is 1.41. The average Bonchev–Trinajstić information content (AvgIpc) is 3.21. The molecule has 0 aliphatic heterocycles. The van der Waals surface area contributed by atoms with Crippen LogP contribution in [-0.4, -0.2) is 18.4 Å². The van der Waals surface area contributed by atoms with Gasteiger partial charge in [0, 0.05) is 17.5 Å². The van der Waals surface area contributed by atoms with E-state index in [1.807, 2.05) is 12.1 Å². The van der Waals surface area contributed by atoms with Crippen molar-refractivity contribution in [3.05, 3.63) is 77.4 Å². The van der Waals surface area contributed by atoms with Gasteiger partial charge in [0.15, 0.2) is 5.78 Å². The number of rotatable bonds is 7. The molecule has 3 aromatic rings. The lowest BCUT2D eigenvalue weighted by atomic mass is 9.96. The number of ether oxygens (including phenoxy) is 1. The van der Waals surface area contributed by atoms with E-state index < -0.39 is 11.6 Å². The van der Waals surface area contributed by atoms with Crippen molar-refractivity contribution in [3.63, 3.8) is 0 Å². The highest BCUT2D eigenvalue weighted by Gasteiger charge is 2.27. The first-order chi connectivity index (χ1) is 14.9. The van der Waals surface area contributed by atoms with Gasteiger partial charge in [0.1, 0.15) is 24.0 Å². The van der Waals surface area contributed by atoms with Crippen molar-refractivity contribution in [3.8, 4) is 5.75 Å². The SMILES string of the molecule is CC(=O)COc1ccc([C@@H]2CC[C@H](N[C@H](C)c3ccc(F)c4cc(F)ccc34)C2)cc1. The van der Waals surface area contributed by atoms with E-state index in [-0.39, 0.29) is 18.4 Å². The Morgan fingerprint density at radius 1 is 1.06 bits per heavy atom. The lowest BCUT2D eigenvalue weighted by Gasteiger charge is -2.22. The molecule has 31 heavy (non-hydrogen) atoms. The first kappa shape index (κ1) is 21.4. The van der Waals surface area contributed by atoms with Gasteiger partial charge in [-0.05, 0) is 85.9 Å². The Hall–Kier alpha value is -2.79. The summed E-state index contributed by atoms with van der Waals surface area (Å²) in [6, 6.07) is 15.9. The molecule has 3 aromatic carbocycles. The van der Waals surface area contributed by atoms with Gasteiger partial charge in [0.2, 0.25) is 0 Å². The maximum atomic E-state index is 14.2. The summed E-state index contributed by atoms with van der Waals surface area (Å²) < 4.78 is 33.2. The number of carbonyl (C=O) groups is 1. The second-order valence-corrected chi connectivity index (χ2v) is 8.48. The third-order valence-corrected chi connectivity index (χ3v) is 6.14. The Kier molecular flexibility index (Phi) is 6.33. The van der Waals surface area contributed by atoms with Crippen molar-refractivity contribution in [1.29, 1.82) is 0 Å². The van der Waals surface area contributed by atoms with Gasteiger partial charge >= 0.3 is 0 Å². The molecule has 1 fully saturated rings. The van der Waals surface area contributed by atoms with Crippen LogP contribution in [0.25, 0.3) is 10.8 Å². The van der Waals surface area contributed by atoms with Crippen LogP contribution in [0.2, 0.25) is 0 Å². The Labute approximate surface area is 181 Å². The first-order valence-electron chi connectivity index (χ1n) is 10.8. The van der Waals surface area contributed by atoms with Gasteiger partial charge in [-0.1, -0.05) is 24.3 Å². The minimum atomic E-state index is -0.430. The molecule has 0 heterocycles. The maximum absolute atomic E-state index is 14.2. The predicted octanol–water partition coefficient (Wildman–Crippen LogP) is 6.07. The van der Waals surface area contributed by atoms with Crippen LogP contribution >= 0.6 is 0 Å². The van der Waals surface area contributed by atoms with Gasteiger partial charge in [0.05, 0.1) is 0 Å². The molecule has 0 spiro atoms. The second kappa shape index (κ2) is 9.15. The molecule has 1 aliphatic carbocycles. The number of halogens is 2. The highest BCUT2D eigenvalue weighted by atomic mass is 19.1. The zero-order chi connectivity index (χ0) is 22.0. The first-order valence-corrected chi connectivity index (χ1v) is 10.8. The Bertz CT molecular complexity index is 1080. The zero-order valence-electron chi connectivity index (χ0n) is 17.8. The molecule has 3 atom stereocenters. The van der Waals surface area contributed by atoms with Crippen molar-refractivity contribution in [1.82, 2.24) is 5.32 Å². The van der Waals surface area contributed by atoms with E-state index in [0.717, 1.165) is 30.2 Å². The lowest BCUT2D eigenvalue weighted by molar-refractivity contribution is -0.118. The van der Waals surface area contributed by atoms with Crippen LogP contribution in [0.5, 0.6) is 5.75 Å². The fraction of sp³-hybridized carbons (Fsp3) is 0.346. The van der Waals surface area contributed by atoms with Crippen LogP contribution in [0.15, 0.2) is 54.6 Å². The van der Waals surface area contributed by atoms with Crippen LogP contribution in [0.4, 0.5) is 8.78 Å². The zero-order valence-corrected chi connectivity index (χ0v) is 17.8. The van der Waals surface area contributed by atoms with Crippen LogP contribution in [0.3, 0.4) is 0 Å². The minimum absolute atomic E-state index is 0.00183. The van der Waals surface area contributed by atoms with Crippen molar-refractivity contribution in [2.45, 2.75) is 51.1 Å². The van der Waals surface area contributed by atoms with Crippen LogP contribution in [-0.2, 0) is 4.79 Å². The quantitative estimate of drug-likeness (QED) is 0.501. The number of carbonyl (C=O) groups excluding carboxylic acids is 1. The topological polar surface area (TPSA) is 38.3 Å². The molecule has 1 N–H and O–H groups in total. The van der Waals surface area contributed by atoms with Crippen LogP contribution in [0.1, 0.15) is 56.2 Å². The van der Waals surface area contributed by atoms with E-state index in [4.69, 9.17) is 4.74 Å². The number of ketones is 1. The predicted molar refractivity (Wildman–Crippen MR) is 118 cm³/mol. The number of benzene rings is 3. The molecule has 0 saturated heterocycles.